The Morgan fingerprint density at radius 3 is 2.13 bits per heavy atom. The van der Waals surface area contributed by atoms with Crippen molar-refractivity contribution in [3.8, 4) is 0 Å². The first-order valence-electron chi connectivity index (χ1n) is 8.01. The molecule has 1 aliphatic heterocycles. The molecule has 2 amide bonds. The van der Waals surface area contributed by atoms with Crippen molar-refractivity contribution in [1.29, 1.82) is 0 Å². The lowest BCUT2D eigenvalue weighted by Crippen LogP contribution is -2.40. The molecule has 2 saturated carbocycles. The lowest BCUT2D eigenvalue weighted by atomic mass is 9.63. The number of benzene rings is 1. The van der Waals surface area contributed by atoms with Crippen LogP contribution in [0.3, 0.4) is 0 Å². The maximum atomic E-state index is 12.9. The molecule has 4 nitrogen and oxygen atoms in total. The zero-order valence-electron chi connectivity index (χ0n) is 12.3. The van der Waals surface area contributed by atoms with Gasteiger partial charge in [0.05, 0.1) is 18.1 Å². The Balaban J connectivity index is 1.44. The third-order valence-corrected chi connectivity index (χ3v) is 5.83. The Morgan fingerprint density at radius 1 is 1.00 bits per heavy atom. The maximum absolute atomic E-state index is 12.9. The summed E-state index contributed by atoms with van der Waals surface area (Å²) in [7, 11) is 0. The van der Waals surface area contributed by atoms with Gasteiger partial charge in [-0.15, -0.1) is 0 Å². The molecule has 6 rings (SSSR count). The summed E-state index contributed by atoms with van der Waals surface area (Å²) < 4.78 is 12.9. The predicted molar refractivity (Wildman–Crippen MR) is 80.5 cm³/mol. The van der Waals surface area contributed by atoms with Gasteiger partial charge in [-0.05, 0) is 47.8 Å². The highest BCUT2D eigenvalue weighted by molar-refractivity contribution is 6.06. The fraction of sp³-hybridized carbons (Fsp3) is 0.389. The fourth-order valence-corrected chi connectivity index (χ4v) is 4.73. The second-order valence-corrected chi connectivity index (χ2v) is 6.94. The van der Waals surface area contributed by atoms with E-state index in [-0.39, 0.29) is 41.3 Å². The topological polar surface area (TPSA) is 49.7 Å². The number of carbonyl (C=O) groups excluding carboxylic acids is 2. The number of hydrogen-bond acceptors (Lipinski definition) is 3. The van der Waals surface area contributed by atoms with Crippen molar-refractivity contribution in [3.05, 3.63) is 47.8 Å². The Kier molecular flexibility index (Phi) is 2.50. The van der Waals surface area contributed by atoms with Crippen molar-refractivity contribution in [2.45, 2.75) is 6.42 Å². The van der Waals surface area contributed by atoms with Gasteiger partial charge in [-0.25, -0.2) is 4.39 Å². The summed E-state index contributed by atoms with van der Waals surface area (Å²) >= 11 is 0. The van der Waals surface area contributed by atoms with Gasteiger partial charge in [0.15, 0.2) is 0 Å². The van der Waals surface area contributed by atoms with E-state index in [2.05, 4.69) is 17.3 Å². The molecule has 5 aliphatic rings. The smallest absolute Gasteiger partial charge is 0.254 e. The van der Waals surface area contributed by atoms with Crippen molar-refractivity contribution in [1.82, 2.24) is 5.01 Å². The van der Waals surface area contributed by atoms with E-state index in [1.807, 2.05) is 0 Å². The standard InChI is InChI=1S/C18H15FN2O2/c19-10-3-1-9(2-4-10)8-20-21-17(22)15-11-5-6-12(14-7-13(11)14)16(15)18(21)23/h1-6,8,11-16H,7H2/b20-8-/t11-,12-,13-,14-,15+,16+/m0/s1. The summed E-state index contributed by atoms with van der Waals surface area (Å²) in [6.07, 6.45) is 6.87. The van der Waals surface area contributed by atoms with E-state index in [1.54, 1.807) is 12.1 Å². The molecule has 3 fully saturated rings. The minimum atomic E-state index is -0.330. The van der Waals surface area contributed by atoms with Crippen LogP contribution in [0, 0.1) is 41.3 Å². The number of allylic oxidation sites excluding steroid dienone is 2. The van der Waals surface area contributed by atoms with Crippen LogP contribution in [-0.4, -0.2) is 23.0 Å². The van der Waals surface area contributed by atoms with Gasteiger partial charge < -0.3 is 0 Å². The summed E-state index contributed by atoms with van der Waals surface area (Å²) in [5, 5.41) is 5.14. The van der Waals surface area contributed by atoms with Crippen molar-refractivity contribution in [2.75, 3.05) is 0 Å². The van der Waals surface area contributed by atoms with Gasteiger partial charge in [0.25, 0.3) is 11.8 Å². The molecule has 1 saturated heterocycles. The summed E-state index contributed by atoms with van der Waals surface area (Å²) in [6.45, 7) is 0. The molecule has 5 heteroatoms. The summed E-state index contributed by atoms with van der Waals surface area (Å²) in [6, 6.07) is 5.79. The van der Waals surface area contributed by atoms with Crippen LogP contribution >= 0.6 is 0 Å². The van der Waals surface area contributed by atoms with Crippen molar-refractivity contribution >= 4 is 18.0 Å². The van der Waals surface area contributed by atoms with E-state index in [9.17, 15) is 14.0 Å². The zero-order chi connectivity index (χ0) is 15.7. The second-order valence-electron chi connectivity index (χ2n) is 6.94. The van der Waals surface area contributed by atoms with Gasteiger partial charge in [-0.1, -0.05) is 24.3 Å². The first-order valence-corrected chi connectivity index (χ1v) is 8.01. The Labute approximate surface area is 132 Å². The molecule has 1 aromatic rings. The molecule has 0 N–H and O–H groups in total. The van der Waals surface area contributed by atoms with Crippen LogP contribution in [0.25, 0.3) is 0 Å². The number of amides is 2. The number of carbonyl (C=O) groups is 2. The first-order chi connectivity index (χ1) is 11.1. The first kappa shape index (κ1) is 13.2. The fourth-order valence-electron chi connectivity index (χ4n) is 4.73. The molecular formula is C18H15FN2O2. The maximum Gasteiger partial charge on any atom is 0.254 e. The molecule has 4 aliphatic carbocycles. The quantitative estimate of drug-likeness (QED) is 0.478. The van der Waals surface area contributed by atoms with Crippen molar-refractivity contribution < 1.29 is 14.0 Å². The lowest BCUT2D eigenvalue weighted by Gasteiger charge is -2.37. The summed E-state index contributed by atoms with van der Waals surface area (Å²) in [4.78, 5) is 25.4. The highest BCUT2D eigenvalue weighted by Crippen LogP contribution is 2.65. The number of rotatable bonds is 2. The van der Waals surface area contributed by atoms with Gasteiger partial charge in [-0.3, -0.25) is 9.59 Å². The normalized spacial score (nSPS) is 40.0. The average Bonchev–Trinajstić information content (AvgIpc) is 3.33. The average molecular weight is 310 g/mol. The monoisotopic (exact) mass is 310 g/mol. The van der Waals surface area contributed by atoms with Gasteiger partial charge >= 0.3 is 0 Å². The minimum absolute atomic E-state index is 0.178. The van der Waals surface area contributed by atoms with E-state index in [4.69, 9.17) is 0 Å². The third-order valence-electron chi connectivity index (χ3n) is 5.83. The molecule has 1 heterocycles. The molecule has 1 aromatic carbocycles. The van der Waals surface area contributed by atoms with E-state index in [1.165, 1.54) is 18.3 Å². The number of hydrazone groups is 1. The minimum Gasteiger partial charge on any atom is -0.272 e. The predicted octanol–water partition coefficient (Wildman–Crippen LogP) is 2.21. The lowest BCUT2D eigenvalue weighted by molar-refractivity contribution is -0.140. The molecule has 116 valence electrons. The molecule has 23 heavy (non-hydrogen) atoms. The van der Waals surface area contributed by atoms with Gasteiger partial charge in [-0.2, -0.15) is 10.1 Å². The van der Waals surface area contributed by atoms with Gasteiger partial charge in [0.2, 0.25) is 0 Å². The van der Waals surface area contributed by atoms with Crippen LogP contribution in [-0.2, 0) is 9.59 Å². The van der Waals surface area contributed by atoms with Crippen LogP contribution in [0.4, 0.5) is 4.39 Å². The number of imide groups is 1. The molecule has 0 radical (unpaired) electrons. The Morgan fingerprint density at radius 2 is 1.57 bits per heavy atom. The van der Waals surface area contributed by atoms with Crippen LogP contribution in [0.2, 0.25) is 0 Å². The van der Waals surface area contributed by atoms with Gasteiger partial charge in [0, 0.05) is 0 Å². The molecule has 0 spiro atoms. The van der Waals surface area contributed by atoms with E-state index < -0.39 is 0 Å². The second kappa shape index (κ2) is 4.37. The van der Waals surface area contributed by atoms with E-state index in [0.717, 1.165) is 11.4 Å². The Hall–Kier alpha value is -2.30. The summed E-state index contributed by atoms with van der Waals surface area (Å²) in [5.41, 5.74) is 0.658. The number of hydrogen-bond donors (Lipinski definition) is 0. The zero-order valence-corrected chi connectivity index (χ0v) is 12.3. The molecule has 6 atom stereocenters. The number of halogens is 1. The molecule has 0 aromatic heterocycles. The van der Waals surface area contributed by atoms with Crippen LogP contribution < -0.4 is 0 Å². The van der Waals surface area contributed by atoms with Gasteiger partial charge in [0.1, 0.15) is 5.82 Å². The molecule has 0 unspecified atom stereocenters. The number of nitrogens with zero attached hydrogens (tertiary/aromatic N) is 2. The highest BCUT2D eigenvalue weighted by Gasteiger charge is 2.67. The largest absolute Gasteiger partial charge is 0.272 e. The third kappa shape index (κ3) is 1.73. The van der Waals surface area contributed by atoms with Crippen LogP contribution in [0.15, 0.2) is 41.5 Å². The highest BCUT2D eigenvalue weighted by atomic mass is 19.1. The van der Waals surface area contributed by atoms with Crippen molar-refractivity contribution in [2.24, 2.45) is 40.6 Å². The molecular weight excluding hydrogens is 295 g/mol. The van der Waals surface area contributed by atoms with Crippen molar-refractivity contribution in [3.63, 3.8) is 0 Å². The SMILES string of the molecule is O=C1[C@@H]2[C@H]3C=C[C@@H]([C@@H]4C[C@@H]34)[C@H]2C(=O)N1/N=C\c1ccc(F)cc1. The van der Waals surface area contributed by atoms with E-state index >= 15 is 0 Å². The molecule has 2 bridgehead atoms. The van der Waals surface area contributed by atoms with Crippen LogP contribution in [0.1, 0.15) is 12.0 Å². The Bertz CT molecular complexity index is 734. The van der Waals surface area contributed by atoms with Crippen LogP contribution in [0.5, 0.6) is 0 Å². The van der Waals surface area contributed by atoms with E-state index in [0.29, 0.717) is 17.4 Å². The summed E-state index contributed by atoms with van der Waals surface area (Å²) in [5.74, 6) is 0.440.